The van der Waals surface area contributed by atoms with Gasteiger partial charge in [-0.15, -0.1) is 0 Å². The van der Waals surface area contributed by atoms with Gasteiger partial charge in [-0.25, -0.2) is 19.6 Å². The summed E-state index contributed by atoms with van der Waals surface area (Å²) in [5, 5.41) is 5.61. The van der Waals surface area contributed by atoms with E-state index in [-0.39, 0.29) is 35.7 Å². The van der Waals surface area contributed by atoms with Gasteiger partial charge in [0.05, 0.1) is 50.1 Å². The van der Waals surface area contributed by atoms with E-state index in [2.05, 4.69) is 32.4 Å². The van der Waals surface area contributed by atoms with Crippen LogP contribution in [-0.2, 0) is 28.5 Å². The molecule has 16 nitrogen and oxygen atoms in total. The molecule has 2 aromatic carbocycles. The maximum atomic E-state index is 13.9. The maximum absolute atomic E-state index is 13.9. The van der Waals surface area contributed by atoms with E-state index in [4.69, 9.17) is 28.9 Å². The maximum Gasteiger partial charge on any atom is 0.407 e. The van der Waals surface area contributed by atoms with Crippen LogP contribution in [0.3, 0.4) is 0 Å². The minimum absolute atomic E-state index is 0.0305. The van der Waals surface area contributed by atoms with Crippen LogP contribution in [0, 0.1) is 23.7 Å². The standard InChI is InChI=1S/C46H54N8O8/c1-59-45(57)51-39(33-17-23-61-24-18-33)43(55)53-21-3-5-37(53)41-47-27-35(49-41)31-13-9-29(10-14-31)7-8-30-11-15-32(16-12-30)36-28-48-42(50-36)38-6-4-22-54(38)44(56)40(52-46(58)60-2)34-19-25-62-26-20-34/h9-16,27-28,33-34,37-40H,3-6,17-26H2,1-2H3,(H,47,49)(H,48,50)(H,51,57)(H,52,58)/t37-,38-,39-,40-/m0/s1. The largest absolute Gasteiger partial charge is 0.453 e. The number of methoxy groups -OCH3 is 2. The number of hydrogen-bond donors (Lipinski definition) is 4. The van der Waals surface area contributed by atoms with E-state index >= 15 is 0 Å². The van der Waals surface area contributed by atoms with Gasteiger partial charge in [0.1, 0.15) is 23.7 Å². The first-order valence-electron chi connectivity index (χ1n) is 21.6. The van der Waals surface area contributed by atoms with Crippen molar-refractivity contribution in [3.8, 4) is 34.4 Å². The van der Waals surface area contributed by atoms with Gasteiger partial charge >= 0.3 is 12.2 Å². The second kappa shape index (κ2) is 19.7. The number of rotatable bonds is 10. The summed E-state index contributed by atoms with van der Waals surface area (Å²) in [6, 6.07) is 14.1. The zero-order chi connectivity index (χ0) is 43.0. The van der Waals surface area contributed by atoms with Gasteiger partial charge in [-0.3, -0.25) is 9.59 Å². The Labute approximate surface area is 360 Å². The predicted molar refractivity (Wildman–Crippen MR) is 227 cm³/mol. The van der Waals surface area contributed by atoms with Crippen molar-refractivity contribution in [1.82, 2.24) is 40.4 Å². The molecule has 4 aliphatic heterocycles. The number of aromatic amines is 2. The monoisotopic (exact) mass is 846 g/mol. The van der Waals surface area contributed by atoms with Crippen molar-refractivity contribution >= 4 is 24.0 Å². The van der Waals surface area contributed by atoms with E-state index in [0.717, 1.165) is 59.3 Å². The molecule has 0 aliphatic carbocycles. The number of imidazole rings is 2. The van der Waals surface area contributed by atoms with Crippen molar-refractivity contribution in [3.63, 3.8) is 0 Å². The van der Waals surface area contributed by atoms with Crippen LogP contribution in [0.1, 0.15) is 86.2 Å². The number of alkyl carbamates (subject to hydrolysis) is 2. The van der Waals surface area contributed by atoms with Crippen LogP contribution < -0.4 is 10.6 Å². The summed E-state index contributed by atoms with van der Waals surface area (Å²) in [4.78, 5) is 72.3. The number of ether oxygens (including phenoxy) is 4. The fraction of sp³-hybridized carbons (Fsp3) is 0.478. The van der Waals surface area contributed by atoms with Gasteiger partial charge in [-0.1, -0.05) is 36.1 Å². The lowest BCUT2D eigenvalue weighted by Crippen LogP contribution is -2.53. The number of likely N-dealkylation sites (tertiary alicyclic amines) is 2. The summed E-state index contributed by atoms with van der Waals surface area (Å²) in [7, 11) is 2.61. The van der Waals surface area contributed by atoms with Gasteiger partial charge in [0.2, 0.25) is 11.8 Å². The van der Waals surface area contributed by atoms with Crippen molar-refractivity contribution in [1.29, 1.82) is 0 Å². The highest BCUT2D eigenvalue weighted by atomic mass is 16.5. The molecule has 4 amide bonds. The van der Waals surface area contributed by atoms with Crippen LogP contribution in [0.15, 0.2) is 60.9 Å². The van der Waals surface area contributed by atoms with Gasteiger partial charge in [-0.2, -0.15) is 0 Å². The first-order chi connectivity index (χ1) is 30.3. The molecule has 2 aromatic heterocycles. The molecule has 0 saturated carbocycles. The lowest BCUT2D eigenvalue weighted by molar-refractivity contribution is -0.137. The molecule has 326 valence electrons. The summed E-state index contributed by atoms with van der Waals surface area (Å²) >= 11 is 0. The first-order valence-corrected chi connectivity index (χ1v) is 21.6. The first kappa shape index (κ1) is 42.5. The highest BCUT2D eigenvalue weighted by molar-refractivity contribution is 5.87. The van der Waals surface area contributed by atoms with Crippen LogP contribution in [0.25, 0.3) is 22.5 Å². The smallest absolute Gasteiger partial charge is 0.407 e. The third-order valence-electron chi connectivity index (χ3n) is 12.6. The number of nitrogens with one attached hydrogen (secondary N) is 4. The lowest BCUT2D eigenvalue weighted by atomic mass is 9.90. The van der Waals surface area contributed by atoms with Crippen LogP contribution in [0.2, 0.25) is 0 Å². The van der Waals surface area contributed by atoms with Gasteiger partial charge in [0.25, 0.3) is 0 Å². The summed E-state index contributed by atoms with van der Waals surface area (Å²) in [6.45, 7) is 3.40. The fourth-order valence-electron chi connectivity index (χ4n) is 9.14. The van der Waals surface area contributed by atoms with Crippen molar-refractivity contribution < 1.29 is 38.1 Å². The van der Waals surface area contributed by atoms with Crippen molar-refractivity contribution in [2.75, 3.05) is 53.7 Å². The van der Waals surface area contributed by atoms with E-state index < -0.39 is 24.3 Å². The molecule has 0 radical (unpaired) electrons. The van der Waals surface area contributed by atoms with E-state index in [0.29, 0.717) is 76.8 Å². The molecular weight excluding hydrogens is 793 g/mol. The predicted octanol–water partition coefficient (Wildman–Crippen LogP) is 5.50. The summed E-state index contributed by atoms with van der Waals surface area (Å²) in [5.41, 5.74) is 5.29. The number of aromatic nitrogens is 4. The SMILES string of the molecule is COC(=O)N[C@H](C(=O)N1CCC[C@H]1c1ncc(-c2ccc(C#Cc3ccc(-c4cnc([C@@H]5CCCN5C(=O)[C@@H](NC(=O)OC)C5CCOCC5)[nH]4)cc3)cc2)[nH]1)C1CCOCC1. The van der Waals surface area contributed by atoms with E-state index in [1.165, 1.54) is 14.2 Å². The average Bonchev–Trinajstić information content (AvgIpc) is 4.17. The molecule has 4 N–H and O–H groups in total. The van der Waals surface area contributed by atoms with E-state index in [9.17, 15) is 19.2 Å². The number of amides is 4. The molecule has 4 fully saturated rings. The third kappa shape index (κ3) is 9.64. The lowest BCUT2D eigenvalue weighted by Gasteiger charge is -2.34. The normalized spacial score (nSPS) is 20.5. The van der Waals surface area contributed by atoms with E-state index in [1.807, 2.05) is 58.3 Å². The Morgan fingerprint density at radius 2 is 1.02 bits per heavy atom. The van der Waals surface area contributed by atoms with Crippen LogP contribution in [-0.4, -0.2) is 120 Å². The highest BCUT2D eigenvalue weighted by Crippen LogP contribution is 2.35. The van der Waals surface area contributed by atoms with Crippen molar-refractivity contribution in [2.24, 2.45) is 11.8 Å². The average molecular weight is 847 g/mol. The Morgan fingerprint density at radius 3 is 1.39 bits per heavy atom. The number of carbonyl (C=O) groups excluding carboxylic acids is 4. The Bertz CT molecular complexity index is 2100. The number of nitrogens with zero attached hydrogens (tertiary/aromatic N) is 4. The minimum Gasteiger partial charge on any atom is -0.453 e. The Morgan fingerprint density at radius 1 is 0.629 bits per heavy atom. The zero-order valence-corrected chi connectivity index (χ0v) is 35.2. The summed E-state index contributed by atoms with van der Waals surface area (Å²) in [6.07, 6.45) is 8.33. The van der Waals surface area contributed by atoms with Gasteiger partial charge in [0.15, 0.2) is 0 Å². The van der Waals surface area contributed by atoms with Gasteiger partial charge in [-0.05, 0) is 98.6 Å². The second-order valence-electron chi connectivity index (χ2n) is 16.3. The molecule has 4 aliphatic rings. The third-order valence-corrected chi connectivity index (χ3v) is 12.6. The molecular formula is C46H54N8O8. The quantitative estimate of drug-likeness (QED) is 0.148. The van der Waals surface area contributed by atoms with Gasteiger partial charge < -0.3 is 49.3 Å². The van der Waals surface area contributed by atoms with E-state index in [1.54, 1.807) is 12.4 Å². The topological polar surface area (TPSA) is 193 Å². The number of hydrogen-bond acceptors (Lipinski definition) is 10. The summed E-state index contributed by atoms with van der Waals surface area (Å²) in [5.74, 6) is 7.65. The van der Waals surface area contributed by atoms with Crippen LogP contribution in [0.4, 0.5) is 9.59 Å². The molecule has 4 saturated heterocycles. The Balaban J connectivity index is 0.888. The molecule has 4 atom stereocenters. The molecule has 6 heterocycles. The van der Waals surface area contributed by atoms with Gasteiger partial charge in [0, 0.05) is 50.6 Å². The second-order valence-corrected chi connectivity index (χ2v) is 16.3. The van der Waals surface area contributed by atoms with Crippen molar-refractivity contribution in [3.05, 3.63) is 83.7 Å². The molecule has 0 spiro atoms. The number of carbonyl (C=O) groups is 4. The molecule has 62 heavy (non-hydrogen) atoms. The van der Waals surface area contributed by atoms with Crippen molar-refractivity contribution in [2.45, 2.75) is 75.5 Å². The number of H-pyrrole nitrogens is 2. The van der Waals surface area contributed by atoms with Crippen LogP contribution >= 0.6 is 0 Å². The Kier molecular flexibility index (Phi) is 13.5. The Hall–Kier alpha value is -6.18. The fourth-order valence-corrected chi connectivity index (χ4v) is 9.14. The molecule has 8 rings (SSSR count). The molecule has 4 aromatic rings. The zero-order valence-electron chi connectivity index (χ0n) is 35.2. The minimum atomic E-state index is -0.688. The molecule has 16 heteroatoms. The molecule has 0 unspecified atom stereocenters. The van der Waals surface area contributed by atoms with Crippen LogP contribution in [0.5, 0.6) is 0 Å². The highest BCUT2D eigenvalue weighted by Gasteiger charge is 2.41. The molecule has 0 bridgehead atoms. The summed E-state index contributed by atoms with van der Waals surface area (Å²) < 4.78 is 20.7. The number of benzene rings is 2.